The largest absolute Gasteiger partial charge is 0.325 e. The molecule has 126 valence electrons. The van der Waals surface area contributed by atoms with Gasteiger partial charge in [-0.25, -0.2) is 4.98 Å². The van der Waals surface area contributed by atoms with Gasteiger partial charge in [-0.1, -0.05) is 26.0 Å². The van der Waals surface area contributed by atoms with Gasteiger partial charge in [0.2, 0.25) is 5.91 Å². The second-order valence-corrected chi connectivity index (χ2v) is 6.44. The molecule has 1 N–H and O–H groups in total. The number of imidazole rings is 1. The number of nitrogens with one attached hydrogen (secondary N) is 1. The van der Waals surface area contributed by atoms with E-state index in [4.69, 9.17) is 5.26 Å². The first-order chi connectivity index (χ1) is 12.1. The molecule has 0 saturated carbocycles. The Morgan fingerprint density at radius 3 is 2.60 bits per heavy atom. The van der Waals surface area contributed by atoms with Gasteiger partial charge >= 0.3 is 0 Å². The van der Waals surface area contributed by atoms with Gasteiger partial charge in [-0.2, -0.15) is 5.26 Å². The molecule has 3 rings (SSSR count). The van der Waals surface area contributed by atoms with Crippen LogP contribution in [0, 0.1) is 17.2 Å². The van der Waals surface area contributed by atoms with Crippen molar-refractivity contribution < 1.29 is 4.79 Å². The first-order valence-electron chi connectivity index (χ1n) is 8.31. The molecule has 0 atom stereocenters. The Morgan fingerprint density at radius 1 is 1.20 bits per heavy atom. The number of carbonyl (C=O) groups excluding carboxylic acids is 1. The number of rotatable bonds is 5. The van der Waals surface area contributed by atoms with Gasteiger partial charge in [0.15, 0.2) is 0 Å². The molecule has 5 heteroatoms. The number of para-hydroxylation sites is 2. The van der Waals surface area contributed by atoms with Gasteiger partial charge in [0.1, 0.15) is 12.4 Å². The smallest absolute Gasteiger partial charge is 0.244 e. The summed E-state index contributed by atoms with van der Waals surface area (Å²) in [5.41, 5.74) is 3.12. The van der Waals surface area contributed by atoms with Gasteiger partial charge in [-0.15, -0.1) is 0 Å². The maximum absolute atomic E-state index is 12.5. The van der Waals surface area contributed by atoms with E-state index in [1.54, 1.807) is 24.3 Å². The van der Waals surface area contributed by atoms with Crippen molar-refractivity contribution in [3.05, 3.63) is 59.9 Å². The molecule has 0 saturated heterocycles. The lowest BCUT2D eigenvalue weighted by atomic mass is 10.1. The van der Waals surface area contributed by atoms with E-state index in [1.165, 1.54) is 0 Å². The molecule has 0 aliphatic carbocycles. The first-order valence-corrected chi connectivity index (χ1v) is 8.31. The van der Waals surface area contributed by atoms with Gasteiger partial charge in [-0.3, -0.25) is 4.79 Å². The average molecular weight is 332 g/mol. The van der Waals surface area contributed by atoms with E-state index in [2.05, 4.69) is 30.2 Å². The number of nitrogens with zero attached hydrogens (tertiary/aromatic N) is 3. The number of hydrogen-bond donors (Lipinski definition) is 1. The van der Waals surface area contributed by atoms with Gasteiger partial charge in [0, 0.05) is 12.1 Å². The van der Waals surface area contributed by atoms with Crippen molar-refractivity contribution in [3.63, 3.8) is 0 Å². The molecule has 25 heavy (non-hydrogen) atoms. The zero-order valence-electron chi connectivity index (χ0n) is 14.4. The minimum Gasteiger partial charge on any atom is -0.325 e. The number of carbonyl (C=O) groups is 1. The van der Waals surface area contributed by atoms with E-state index in [0.717, 1.165) is 23.3 Å². The summed E-state index contributed by atoms with van der Waals surface area (Å²) in [4.78, 5) is 17.2. The van der Waals surface area contributed by atoms with Gasteiger partial charge in [0.25, 0.3) is 0 Å². The molecule has 2 aromatic carbocycles. The molecule has 0 aliphatic rings. The van der Waals surface area contributed by atoms with Gasteiger partial charge < -0.3 is 9.88 Å². The molecule has 0 unspecified atom stereocenters. The number of anilines is 1. The minimum atomic E-state index is -0.113. The zero-order valence-corrected chi connectivity index (χ0v) is 14.4. The third kappa shape index (κ3) is 3.86. The lowest BCUT2D eigenvalue weighted by Gasteiger charge is -2.11. The van der Waals surface area contributed by atoms with Gasteiger partial charge in [0.05, 0.1) is 22.7 Å². The highest BCUT2D eigenvalue weighted by Crippen LogP contribution is 2.19. The summed E-state index contributed by atoms with van der Waals surface area (Å²) >= 11 is 0. The Kier molecular flexibility index (Phi) is 4.80. The van der Waals surface area contributed by atoms with Crippen molar-refractivity contribution in [2.75, 3.05) is 5.32 Å². The number of fused-ring (bicyclic) bond motifs is 1. The zero-order chi connectivity index (χ0) is 17.8. The molecule has 0 aliphatic heterocycles. The third-order valence-electron chi connectivity index (χ3n) is 3.92. The maximum atomic E-state index is 12.5. The highest BCUT2D eigenvalue weighted by atomic mass is 16.1. The van der Waals surface area contributed by atoms with Crippen LogP contribution in [-0.2, 0) is 17.8 Å². The van der Waals surface area contributed by atoms with Crippen LogP contribution in [0.15, 0.2) is 48.5 Å². The second kappa shape index (κ2) is 7.18. The minimum absolute atomic E-state index is 0.113. The molecular formula is C20H20N4O. The Balaban J connectivity index is 1.83. The summed E-state index contributed by atoms with van der Waals surface area (Å²) in [5.74, 6) is 1.26. The van der Waals surface area contributed by atoms with Crippen LogP contribution in [0.1, 0.15) is 25.2 Å². The van der Waals surface area contributed by atoms with Crippen molar-refractivity contribution in [2.24, 2.45) is 5.92 Å². The molecule has 3 aromatic rings. The summed E-state index contributed by atoms with van der Waals surface area (Å²) in [7, 11) is 0. The number of benzene rings is 2. The molecule has 0 spiro atoms. The Hall–Kier alpha value is -3.13. The van der Waals surface area contributed by atoms with Crippen LogP contribution in [0.3, 0.4) is 0 Å². The topological polar surface area (TPSA) is 70.7 Å². The summed E-state index contributed by atoms with van der Waals surface area (Å²) in [6.07, 6.45) is 0.818. The van der Waals surface area contributed by atoms with Crippen LogP contribution in [0.2, 0.25) is 0 Å². The van der Waals surface area contributed by atoms with E-state index < -0.39 is 0 Å². The van der Waals surface area contributed by atoms with Crippen LogP contribution in [-0.4, -0.2) is 15.5 Å². The maximum Gasteiger partial charge on any atom is 0.244 e. The molecule has 0 fully saturated rings. The molecule has 1 heterocycles. The summed E-state index contributed by atoms with van der Waals surface area (Å²) in [6.45, 7) is 4.49. The monoisotopic (exact) mass is 332 g/mol. The van der Waals surface area contributed by atoms with E-state index in [-0.39, 0.29) is 12.5 Å². The molecule has 0 radical (unpaired) electrons. The number of aromatic nitrogens is 2. The standard InChI is InChI=1S/C20H20N4O/c1-14(2)11-19-23-17-5-3-4-6-18(17)24(19)13-20(25)22-16-9-7-15(12-21)8-10-16/h3-10,14H,11,13H2,1-2H3,(H,22,25). The quantitative estimate of drug-likeness (QED) is 0.773. The van der Waals surface area contributed by atoms with Crippen LogP contribution in [0.25, 0.3) is 11.0 Å². The normalized spacial score (nSPS) is 10.8. The van der Waals surface area contributed by atoms with E-state index in [1.807, 2.05) is 28.8 Å². The lowest BCUT2D eigenvalue weighted by molar-refractivity contribution is -0.116. The van der Waals surface area contributed by atoms with Crippen LogP contribution < -0.4 is 5.32 Å². The SMILES string of the molecule is CC(C)Cc1nc2ccccc2n1CC(=O)Nc1ccc(C#N)cc1. The first kappa shape index (κ1) is 16.7. The van der Waals surface area contributed by atoms with Crippen molar-refractivity contribution in [1.29, 1.82) is 5.26 Å². The predicted octanol–water partition coefficient (Wildman–Crippen LogP) is 3.75. The summed E-state index contributed by atoms with van der Waals surface area (Å²) < 4.78 is 1.98. The van der Waals surface area contributed by atoms with E-state index >= 15 is 0 Å². The van der Waals surface area contributed by atoms with E-state index in [0.29, 0.717) is 17.2 Å². The lowest BCUT2D eigenvalue weighted by Crippen LogP contribution is -2.20. The highest BCUT2D eigenvalue weighted by Gasteiger charge is 2.14. The van der Waals surface area contributed by atoms with Crippen molar-refractivity contribution in [3.8, 4) is 6.07 Å². The van der Waals surface area contributed by atoms with Crippen LogP contribution >= 0.6 is 0 Å². The van der Waals surface area contributed by atoms with Gasteiger partial charge in [-0.05, 0) is 42.3 Å². The van der Waals surface area contributed by atoms with Crippen molar-refractivity contribution in [2.45, 2.75) is 26.8 Å². The fourth-order valence-electron chi connectivity index (χ4n) is 2.80. The van der Waals surface area contributed by atoms with E-state index in [9.17, 15) is 4.79 Å². The predicted molar refractivity (Wildman–Crippen MR) is 98.1 cm³/mol. The Morgan fingerprint density at radius 2 is 1.92 bits per heavy atom. The van der Waals surface area contributed by atoms with Crippen molar-refractivity contribution >= 4 is 22.6 Å². The fraction of sp³-hybridized carbons (Fsp3) is 0.250. The van der Waals surface area contributed by atoms with Crippen LogP contribution in [0.5, 0.6) is 0 Å². The third-order valence-corrected chi connectivity index (χ3v) is 3.92. The highest BCUT2D eigenvalue weighted by molar-refractivity contribution is 5.91. The number of nitriles is 1. The molecule has 0 bridgehead atoms. The average Bonchev–Trinajstić information content (AvgIpc) is 2.92. The van der Waals surface area contributed by atoms with Crippen LogP contribution in [0.4, 0.5) is 5.69 Å². The molecule has 5 nitrogen and oxygen atoms in total. The molecule has 1 aromatic heterocycles. The molecule has 1 amide bonds. The number of amides is 1. The summed E-state index contributed by atoms with van der Waals surface area (Å²) in [6, 6.07) is 16.8. The second-order valence-electron chi connectivity index (χ2n) is 6.44. The number of hydrogen-bond acceptors (Lipinski definition) is 3. The fourth-order valence-corrected chi connectivity index (χ4v) is 2.80. The Labute approximate surface area is 146 Å². The summed E-state index contributed by atoms with van der Waals surface area (Å²) in [5, 5.41) is 11.7. The Bertz CT molecular complexity index is 932. The molecular weight excluding hydrogens is 312 g/mol. The van der Waals surface area contributed by atoms with Crippen molar-refractivity contribution in [1.82, 2.24) is 9.55 Å².